The zero-order valence-corrected chi connectivity index (χ0v) is 12.1. The van der Waals surface area contributed by atoms with Crippen LogP contribution in [0.3, 0.4) is 0 Å². The molecule has 100 valence electrons. The summed E-state index contributed by atoms with van der Waals surface area (Å²) in [5.74, 6) is 0.897. The van der Waals surface area contributed by atoms with E-state index in [2.05, 4.69) is 67.2 Å². The second kappa shape index (κ2) is 4.97. The van der Waals surface area contributed by atoms with Crippen LogP contribution in [0.2, 0.25) is 0 Å². The zero-order valence-electron chi connectivity index (χ0n) is 12.1. The van der Waals surface area contributed by atoms with Gasteiger partial charge in [0.05, 0.1) is 12.5 Å². The lowest BCUT2D eigenvalue weighted by molar-refractivity contribution is -0.659. The van der Waals surface area contributed by atoms with Crippen LogP contribution in [0.15, 0.2) is 54.7 Å². The van der Waals surface area contributed by atoms with Crippen LogP contribution in [0.4, 0.5) is 0 Å². The molecule has 0 bridgehead atoms. The van der Waals surface area contributed by atoms with Crippen LogP contribution in [0, 0.1) is 6.92 Å². The number of aryl methyl sites for hydroxylation is 2. The molecule has 0 radical (unpaired) electrons. The maximum atomic E-state index is 5.30. The van der Waals surface area contributed by atoms with Gasteiger partial charge in [-0.25, -0.2) is 4.57 Å². The standard InChI is InChI=1S/C18H18NO/c1-13-12-15(20-3)8-9-16(13)18-17-7-5-4-6-14(17)10-11-19(18)2/h4-12H,1-3H3/q+1. The number of hydrogen-bond acceptors (Lipinski definition) is 1. The first kappa shape index (κ1) is 12.7. The van der Waals surface area contributed by atoms with Crippen LogP contribution in [0.5, 0.6) is 5.75 Å². The van der Waals surface area contributed by atoms with E-state index in [0.29, 0.717) is 0 Å². The predicted molar refractivity (Wildman–Crippen MR) is 81.8 cm³/mol. The number of nitrogens with zero attached hydrogens (tertiary/aromatic N) is 1. The molecule has 1 aromatic heterocycles. The van der Waals surface area contributed by atoms with E-state index in [-0.39, 0.29) is 0 Å². The molecule has 0 spiro atoms. The molecule has 2 heteroatoms. The molecule has 0 aliphatic rings. The summed E-state index contributed by atoms with van der Waals surface area (Å²) in [6, 6.07) is 16.9. The molecule has 0 atom stereocenters. The van der Waals surface area contributed by atoms with E-state index in [1.165, 1.54) is 27.6 Å². The average Bonchev–Trinajstić information content (AvgIpc) is 2.48. The highest BCUT2D eigenvalue weighted by molar-refractivity contribution is 5.93. The first-order chi connectivity index (χ1) is 9.70. The Bertz CT molecular complexity index is 777. The highest BCUT2D eigenvalue weighted by Gasteiger charge is 2.16. The highest BCUT2D eigenvalue weighted by atomic mass is 16.5. The Kier molecular flexibility index (Phi) is 3.15. The van der Waals surface area contributed by atoms with E-state index in [1.54, 1.807) is 7.11 Å². The zero-order chi connectivity index (χ0) is 14.1. The van der Waals surface area contributed by atoms with Gasteiger partial charge in [-0.15, -0.1) is 0 Å². The molecule has 0 saturated carbocycles. The SMILES string of the molecule is COc1ccc(-c2c3ccccc3cc[n+]2C)c(C)c1. The van der Waals surface area contributed by atoms with Gasteiger partial charge in [-0.05, 0) is 42.1 Å². The van der Waals surface area contributed by atoms with Crippen molar-refractivity contribution >= 4 is 10.8 Å². The summed E-state index contributed by atoms with van der Waals surface area (Å²) < 4.78 is 7.47. The molecule has 0 N–H and O–H groups in total. The van der Waals surface area contributed by atoms with Crippen LogP contribution >= 0.6 is 0 Å². The molecule has 0 amide bonds. The van der Waals surface area contributed by atoms with E-state index in [0.717, 1.165) is 5.75 Å². The minimum absolute atomic E-state index is 0.897. The van der Waals surface area contributed by atoms with Gasteiger partial charge < -0.3 is 4.74 Å². The Labute approximate surface area is 119 Å². The smallest absolute Gasteiger partial charge is 0.220 e. The van der Waals surface area contributed by atoms with Gasteiger partial charge in [0, 0.05) is 11.6 Å². The van der Waals surface area contributed by atoms with Crippen LogP contribution in [0.25, 0.3) is 22.0 Å². The molecular weight excluding hydrogens is 246 g/mol. The third-order valence-corrected chi connectivity index (χ3v) is 3.74. The van der Waals surface area contributed by atoms with Gasteiger partial charge in [0.1, 0.15) is 12.8 Å². The molecule has 3 aromatic rings. The van der Waals surface area contributed by atoms with Crippen LogP contribution in [-0.2, 0) is 7.05 Å². The Morgan fingerprint density at radius 1 is 1.00 bits per heavy atom. The van der Waals surface area contributed by atoms with Gasteiger partial charge in [0.15, 0.2) is 6.20 Å². The lowest BCUT2D eigenvalue weighted by atomic mass is 9.99. The fraction of sp³-hybridized carbons (Fsp3) is 0.167. The normalized spacial score (nSPS) is 10.8. The van der Waals surface area contributed by atoms with Crippen molar-refractivity contribution in [2.24, 2.45) is 7.05 Å². The summed E-state index contributed by atoms with van der Waals surface area (Å²) in [5, 5.41) is 2.53. The fourth-order valence-corrected chi connectivity index (χ4v) is 2.68. The molecule has 0 fully saturated rings. The van der Waals surface area contributed by atoms with Crippen molar-refractivity contribution in [3.63, 3.8) is 0 Å². The lowest BCUT2D eigenvalue weighted by Crippen LogP contribution is -2.30. The van der Waals surface area contributed by atoms with Gasteiger partial charge in [-0.3, -0.25) is 0 Å². The van der Waals surface area contributed by atoms with Gasteiger partial charge in [0.25, 0.3) is 0 Å². The summed E-state index contributed by atoms with van der Waals surface area (Å²) in [5.41, 5.74) is 3.70. The maximum absolute atomic E-state index is 5.30. The summed E-state index contributed by atoms with van der Waals surface area (Å²) >= 11 is 0. The summed E-state index contributed by atoms with van der Waals surface area (Å²) in [4.78, 5) is 0. The van der Waals surface area contributed by atoms with Gasteiger partial charge in [0.2, 0.25) is 5.69 Å². The van der Waals surface area contributed by atoms with Crippen molar-refractivity contribution in [1.82, 2.24) is 0 Å². The first-order valence-corrected chi connectivity index (χ1v) is 6.73. The predicted octanol–water partition coefficient (Wildman–Crippen LogP) is 3.65. The molecule has 2 aromatic carbocycles. The van der Waals surface area contributed by atoms with Gasteiger partial charge in [-0.1, -0.05) is 18.2 Å². The molecular formula is C18H18NO+. The Balaban J connectivity index is 2.31. The van der Waals surface area contributed by atoms with Crippen molar-refractivity contribution < 1.29 is 9.30 Å². The molecule has 3 rings (SSSR count). The molecule has 0 unspecified atom stereocenters. The third-order valence-electron chi connectivity index (χ3n) is 3.74. The van der Waals surface area contributed by atoms with E-state index in [9.17, 15) is 0 Å². The molecule has 2 nitrogen and oxygen atoms in total. The summed E-state index contributed by atoms with van der Waals surface area (Å²) in [7, 11) is 3.79. The number of hydrogen-bond donors (Lipinski definition) is 0. The molecule has 0 saturated heterocycles. The fourth-order valence-electron chi connectivity index (χ4n) is 2.68. The molecule has 0 aliphatic heterocycles. The van der Waals surface area contributed by atoms with Gasteiger partial charge >= 0.3 is 0 Å². The maximum Gasteiger partial charge on any atom is 0.220 e. The van der Waals surface area contributed by atoms with Crippen molar-refractivity contribution in [2.75, 3.05) is 7.11 Å². The largest absolute Gasteiger partial charge is 0.497 e. The number of fused-ring (bicyclic) bond motifs is 1. The number of benzene rings is 2. The van der Waals surface area contributed by atoms with Crippen LogP contribution in [0.1, 0.15) is 5.56 Å². The molecule has 1 heterocycles. The number of methoxy groups -OCH3 is 1. The number of pyridine rings is 1. The van der Waals surface area contributed by atoms with E-state index in [1.807, 2.05) is 6.07 Å². The first-order valence-electron chi connectivity index (χ1n) is 6.73. The number of rotatable bonds is 2. The minimum atomic E-state index is 0.897. The average molecular weight is 264 g/mol. The van der Waals surface area contributed by atoms with E-state index >= 15 is 0 Å². The number of aromatic nitrogens is 1. The van der Waals surface area contributed by atoms with E-state index in [4.69, 9.17) is 4.74 Å². The minimum Gasteiger partial charge on any atom is -0.497 e. The van der Waals surface area contributed by atoms with Crippen LogP contribution < -0.4 is 9.30 Å². The second-order valence-corrected chi connectivity index (χ2v) is 5.04. The Hall–Kier alpha value is -2.35. The summed E-state index contributed by atoms with van der Waals surface area (Å²) in [6.45, 7) is 2.12. The monoisotopic (exact) mass is 264 g/mol. The van der Waals surface area contributed by atoms with Crippen molar-refractivity contribution in [3.8, 4) is 17.0 Å². The number of ether oxygens (including phenoxy) is 1. The second-order valence-electron chi connectivity index (χ2n) is 5.04. The lowest BCUT2D eigenvalue weighted by Gasteiger charge is -2.09. The van der Waals surface area contributed by atoms with E-state index < -0.39 is 0 Å². The third kappa shape index (κ3) is 2.03. The van der Waals surface area contributed by atoms with Crippen molar-refractivity contribution in [1.29, 1.82) is 0 Å². The summed E-state index contributed by atoms with van der Waals surface area (Å²) in [6.07, 6.45) is 2.11. The molecule has 20 heavy (non-hydrogen) atoms. The van der Waals surface area contributed by atoms with Gasteiger partial charge in [-0.2, -0.15) is 0 Å². The van der Waals surface area contributed by atoms with Crippen LogP contribution in [-0.4, -0.2) is 7.11 Å². The quantitative estimate of drug-likeness (QED) is 0.644. The molecule has 0 aliphatic carbocycles. The Morgan fingerprint density at radius 2 is 1.80 bits per heavy atom. The Morgan fingerprint density at radius 3 is 2.55 bits per heavy atom. The highest BCUT2D eigenvalue weighted by Crippen LogP contribution is 2.29. The van der Waals surface area contributed by atoms with Crippen molar-refractivity contribution in [3.05, 3.63) is 60.3 Å². The van der Waals surface area contributed by atoms with Crippen molar-refractivity contribution in [2.45, 2.75) is 6.92 Å². The topological polar surface area (TPSA) is 13.1 Å².